The van der Waals surface area contributed by atoms with Gasteiger partial charge in [-0.2, -0.15) is 0 Å². The summed E-state index contributed by atoms with van der Waals surface area (Å²) in [6, 6.07) is 19.7. The fraction of sp³-hybridized carbons (Fsp3) is 0.333. The molecule has 3 aromatic rings. The highest BCUT2D eigenvalue weighted by Gasteiger charge is 2.18. The summed E-state index contributed by atoms with van der Waals surface area (Å²) >= 11 is 0. The van der Waals surface area contributed by atoms with Crippen LogP contribution in [0.5, 0.6) is 0 Å². The third-order valence-electron chi connectivity index (χ3n) is 5.15. The van der Waals surface area contributed by atoms with Crippen LogP contribution in [0.15, 0.2) is 54.6 Å². The lowest BCUT2D eigenvalue weighted by Gasteiger charge is -2.34. The third kappa shape index (κ3) is 3.03. The van der Waals surface area contributed by atoms with Crippen molar-refractivity contribution in [2.75, 3.05) is 39.3 Å². The molecular weight excluding hydrogens is 296 g/mol. The Hall–Kier alpha value is -1.94. The minimum Gasteiger partial charge on any atom is -0.395 e. The summed E-state index contributed by atoms with van der Waals surface area (Å²) in [6.45, 7) is 6.27. The maximum atomic E-state index is 9.10. The van der Waals surface area contributed by atoms with Crippen LogP contribution in [0.4, 0.5) is 0 Å². The fourth-order valence-electron chi connectivity index (χ4n) is 3.81. The van der Waals surface area contributed by atoms with Crippen LogP contribution in [0.25, 0.3) is 21.5 Å². The minimum absolute atomic E-state index is 0.258. The van der Waals surface area contributed by atoms with Crippen molar-refractivity contribution in [2.45, 2.75) is 6.54 Å². The van der Waals surface area contributed by atoms with E-state index < -0.39 is 0 Å². The van der Waals surface area contributed by atoms with Gasteiger partial charge in [-0.1, -0.05) is 48.5 Å². The Balaban J connectivity index is 1.67. The minimum atomic E-state index is 0.258. The van der Waals surface area contributed by atoms with Gasteiger partial charge >= 0.3 is 0 Å². The summed E-state index contributed by atoms with van der Waals surface area (Å²) in [5, 5.41) is 14.5. The Bertz CT molecular complexity index is 783. The van der Waals surface area contributed by atoms with Crippen molar-refractivity contribution in [2.24, 2.45) is 0 Å². The highest BCUT2D eigenvalue weighted by molar-refractivity contribution is 6.02. The van der Waals surface area contributed by atoms with E-state index in [9.17, 15) is 0 Å². The smallest absolute Gasteiger partial charge is 0.0558 e. The highest BCUT2D eigenvalue weighted by Crippen LogP contribution is 2.29. The average Bonchev–Trinajstić information content (AvgIpc) is 2.63. The lowest BCUT2D eigenvalue weighted by Crippen LogP contribution is -2.46. The number of benzene rings is 3. The van der Waals surface area contributed by atoms with Crippen molar-refractivity contribution in [3.63, 3.8) is 0 Å². The van der Waals surface area contributed by atoms with Crippen molar-refractivity contribution in [1.82, 2.24) is 9.80 Å². The molecule has 3 aromatic carbocycles. The van der Waals surface area contributed by atoms with E-state index in [4.69, 9.17) is 5.11 Å². The molecule has 1 aliphatic heterocycles. The van der Waals surface area contributed by atoms with E-state index in [-0.39, 0.29) is 6.61 Å². The topological polar surface area (TPSA) is 26.7 Å². The van der Waals surface area contributed by atoms with Crippen molar-refractivity contribution in [1.29, 1.82) is 0 Å². The number of hydrogen-bond donors (Lipinski definition) is 1. The second kappa shape index (κ2) is 6.89. The largest absolute Gasteiger partial charge is 0.395 e. The first-order valence-corrected chi connectivity index (χ1v) is 8.80. The van der Waals surface area contributed by atoms with Crippen LogP contribution in [-0.2, 0) is 6.54 Å². The lowest BCUT2D eigenvalue weighted by atomic mass is 9.96. The molecule has 0 aromatic heterocycles. The zero-order valence-electron chi connectivity index (χ0n) is 14.0. The maximum absolute atomic E-state index is 9.10. The predicted octanol–water partition coefficient (Wildman–Crippen LogP) is 3.10. The Morgan fingerprint density at radius 1 is 0.750 bits per heavy atom. The molecule has 24 heavy (non-hydrogen) atoms. The second-order valence-electron chi connectivity index (χ2n) is 6.64. The molecule has 0 aliphatic carbocycles. The molecule has 0 bridgehead atoms. The van der Waals surface area contributed by atoms with Gasteiger partial charge in [-0.3, -0.25) is 9.80 Å². The van der Waals surface area contributed by atoms with Crippen molar-refractivity contribution < 1.29 is 5.11 Å². The fourth-order valence-corrected chi connectivity index (χ4v) is 3.81. The van der Waals surface area contributed by atoms with Crippen LogP contribution in [0.2, 0.25) is 0 Å². The first-order chi connectivity index (χ1) is 11.8. The normalized spacial score (nSPS) is 16.9. The molecule has 124 valence electrons. The van der Waals surface area contributed by atoms with E-state index in [1.165, 1.54) is 27.1 Å². The monoisotopic (exact) mass is 320 g/mol. The number of rotatable bonds is 4. The molecule has 1 heterocycles. The van der Waals surface area contributed by atoms with Crippen LogP contribution < -0.4 is 0 Å². The molecule has 1 N–H and O–H groups in total. The Kier molecular flexibility index (Phi) is 4.48. The van der Waals surface area contributed by atoms with Gasteiger partial charge in [-0.15, -0.1) is 0 Å². The van der Waals surface area contributed by atoms with Gasteiger partial charge in [0.2, 0.25) is 0 Å². The average molecular weight is 320 g/mol. The zero-order valence-corrected chi connectivity index (χ0v) is 14.0. The molecule has 1 fully saturated rings. The molecule has 1 saturated heterocycles. The summed E-state index contributed by atoms with van der Waals surface area (Å²) in [4.78, 5) is 4.89. The SMILES string of the molecule is OCCN1CCN(Cc2c3ccccc3cc3ccccc23)CC1. The molecule has 1 aliphatic rings. The summed E-state index contributed by atoms with van der Waals surface area (Å²) in [6.07, 6.45) is 0. The molecule has 3 nitrogen and oxygen atoms in total. The molecule has 0 saturated carbocycles. The summed E-state index contributed by atoms with van der Waals surface area (Å²) in [5.74, 6) is 0. The summed E-state index contributed by atoms with van der Waals surface area (Å²) in [7, 11) is 0. The Labute approximate surface area is 143 Å². The molecule has 0 radical (unpaired) electrons. The number of fused-ring (bicyclic) bond motifs is 2. The molecule has 0 amide bonds. The van der Waals surface area contributed by atoms with Crippen molar-refractivity contribution >= 4 is 21.5 Å². The lowest BCUT2D eigenvalue weighted by molar-refractivity contribution is 0.109. The van der Waals surface area contributed by atoms with E-state index in [2.05, 4.69) is 64.4 Å². The number of hydrogen-bond acceptors (Lipinski definition) is 3. The quantitative estimate of drug-likeness (QED) is 0.748. The van der Waals surface area contributed by atoms with Crippen LogP contribution in [0, 0.1) is 0 Å². The number of piperazine rings is 1. The van der Waals surface area contributed by atoms with Gasteiger partial charge in [0.25, 0.3) is 0 Å². The molecule has 0 spiro atoms. The first-order valence-electron chi connectivity index (χ1n) is 8.80. The van der Waals surface area contributed by atoms with Gasteiger partial charge in [0.05, 0.1) is 6.61 Å². The Morgan fingerprint density at radius 3 is 1.88 bits per heavy atom. The van der Waals surface area contributed by atoms with Gasteiger partial charge in [0.15, 0.2) is 0 Å². The molecule has 3 heteroatoms. The second-order valence-corrected chi connectivity index (χ2v) is 6.64. The van der Waals surface area contributed by atoms with E-state index in [1.807, 2.05) is 0 Å². The summed E-state index contributed by atoms with van der Waals surface area (Å²) < 4.78 is 0. The predicted molar refractivity (Wildman–Crippen MR) is 100 cm³/mol. The van der Waals surface area contributed by atoms with E-state index >= 15 is 0 Å². The van der Waals surface area contributed by atoms with E-state index in [0.717, 1.165) is 39.3 Å². The van der Waals surface area contributed by atoms with Gasteiger partial charge in [-0.05, 0) is 33.2 Å². The number of β-amino-alcohol motifs (C(OH)–C–C–N with tert-alkyl or cyclic N) is 1. The summed E-state index contributed by atoms with van der Waals surface area (Å²) in [5.41, 5.74) is 1.44. The number of aliphatic hydroxyl groups excluding tert-OH is 1. The van der Waals surface area contributed by atoms with Crippen LogP contribution in [0.1, 0.15) is 5.56 Å². The number of aliphatic hydroxyl groups is 1. The van der Waals surface area contributed by atoms with Crippen LogP contribution in [-0.4, -0.2) is 54.2 Å². The van der Waals surface area contributed by atoms with E-state index in [0.29, 0.717) is 0 Å². The van der Waals surface area contributed by atoms with Gasteiger partial charge in [0.1, 0.15) is 0 Å². The third-order valence-corrected chi connectivity index (χ3v) is 5.15. The van der Waals surface area contributed by atoms with Crippen molar-refractivity contribution in [3.05, 3.63) is 60.2 Å². The standard InChI is InChI=1S/C21H24N2O/c24-14-13-22-9-11-23(12-10-22)16-21-19-7-3-1-5-17(19)15-18-6-2-4-8-20(18)21/h1-8,15,24H,9-14,16H2. The molecular formula is C21H24N2O. The first kappa shape index (κ1) is 15.6. The Morgan fingerprint density at radius 2 is 1.29 bits per heavy atom. The molecule has 4 rings (SSSR count). The van der Waals surface area contributed by atoms with Crippen LogP contribution >= 0.6 is 0 Å². The van der Waals surface area contributed by atoms with Gasteiger partial charge < -0.3 is 5.11 Å². The highest BCUT2D eigenvalue weighted by atomic mass is 16.3. The molecule has 0 atom stereocenters. The van der Waals surface area contributed by atoms with Crippen LogP contribution in [0.3, 0.4) is 0 Å². The van der Waals surface area contributed by atoms with Gasteiger partial charge in [-0.25, -0.2) is 0 Å². The zero-order chi connectivity index (χ0) is 16.4. The number of nitrogens with zero attached hydrogens (tertiary/aromatic N) is 2. The maximum Gasteiger partial charge on any atom is 0.0558 e. The van der Waals surface area contributed by atoms with Crippen molar-refractivity contribution in [3.8, 4) is 0 Å². The molecule has 0 unspecified atom stereocenters. The van der Waals surface area contributed by atoms with Gasteiger partial charge in [0, 0.05) is 39.3 Å². The van der Waals surface area contributed by atoms with E-state index in [1.54, 1.807) is 0 Å².